The summed E-state index contributed by atoms with van der Waals surface area (Å²) >= 11 is 0. The topological polar surface area (TPSA) is 134 Å². The van der Waals surface area contributed by atoms with Crippen molar-refractivity contribution in [3.8, 4) is 5.75 Å². The molecule has 2 heterocycles. The van der Waals surface area contributed by atoms with E-state index >= 15 is 0 Å². The molecule has 0 radical (unpaired) electrons. The van der Waals surface area contributed by atoms with E-state index in [1.165, 1.54) is 22.5 Å². The van der Waals surface area contributed by atoms with Gasteiger partial charge in [-0.3, -0.25) is 14.5 Å². The molecule has 38 heavy (non-hydrogen) atoms. The molecule has 1 atom stereocenters. The summed E-state index contributed by atoms with van der Waals surface area (Å²) < 4.78 is 38.7. The van der Waals surface area contributed by atoms with Crippen LogP contribution in [0, 0.1) is 0 Å². The number of imide groups is 1. The van der Waals surface area contributed by atoms with E-state index in [-0.39, 0.29) is 35.5 Å². The average molecular weight is 545 g/mol. The highest BCUT2D eigenvalue weighted by Gasteiger charge is 2.51. The number of benzene rings is 2. The van der Waals surface area contributed by atoms with Gasteiger partial charge in [0, 0.05) is 13.1 Å². The van der Waals surface area contributed by atoms with Crippen LogP contribution in [0.3, 0.4) is 0 Å². The number of ether oxygens (including phenoxy) is 2. The van der Waals surface area contributed by atoms with Crippen molar-refractivity contribution in [3.63, 3.8) is 0 Å². The first-order valence-electron chi connectivity index (χ1n) is 12.5. The Hall–Kier alpha value is -3.48. The molecule has 2 aromatic carbocycles. The largest absolute Gasteiger partial charge is 0.489 e. The third-order valence-corrected chi connectivity index (χ3v) is 8.36. The Morgan fingerprint density at radius 1 is 1.13 bits per heavy atom. The highest BCUT2D eigenvalue weighted by molar-refractivity contribution is 7.89. The quantitative estimate of drug-likeness (QED) is 0.463. The lowest BCUT2D eigenvalue weighted by molar-refractivity contribution is -0.134. The lowest BCUT2D eigenvalue weighted by Crippen LogP contribution is -2.44. The molecule has 2 aromatic rings. The number of anilines is 1. The van der Waals surface area contributed by atoms with E-state index in [9.17, 15) is 22.8 Å². The summed E-state index contributed by atoms with van der Waals surface area (Å²) in [5.74, 6) is -0.949. The lowest BCUT2D eigenvalue weighted by Gasteiger charge is -2.26. The van der Waals surface area contributed by atoms with Crippen LogP contribution < -0.4 is 15.4 Å². The van der Waals surface area contributed by atoms with Gasteiger partial charge in [-0.2, -0.15) is 4.31 Å². The summed E-state index contributed by atoms with van der Waals surface area (Å²) in [6.07, 6.45) is 0.0439. The maximum absolute atomic E-state index is 13.4. The second kappa shape index (κ2) is 11.1. The number of hydrogen-bond donors (Lipinski definition) is 2. The van der Waals surface area contributed by atoms with E-state index in [1.807, 2.05) is 6.07 Å². The van der Waals surface area contributed by atoms with Crippen molar-refractivity contribution in [2.24, 2.45) is 0 Å². The van der Waals surface area contributed by atoms with Gasteiger partial charge in [0.25, 0.3) is 5.91 Å². The van der Waals surface area contributed by atoms with Crippen LogP contribution in [0.4, 0.5) is 10.5 Å². The molecule has 0 unspecified atom stereocenters. The Kier molecular flexibility index (Phi) is 8.05. The molecule has 2 saturated heterocycles. The van der Waals surface area contributed by atoms with Crippen molar-refractivity contribution in [1.82, 2.24) is 14.5 Å². The van der Waals surface area contributed by atoms with Gasteiger partial charge in [-0.1, -0.05) is 37.3 Å². The average Bonchev–Trinajstić information content (AvgIpc) is 3.15. The highest BCUT2D eigenvalue weighted by atomic mass is 32.2. The zero-order valence-electron chi connectivity index (χ0n) is 21.6. The van der Waals surface area contributed by atoms with Gasteiger partial charge in [-0.15, -0.1) is 0 Å². The van der Waals surface area contributed by atoms with Crippen LogP contribution >= 0.6 is 0 Å². The Bertz CT molecular complexity index is 1310. The van der Waals surface area contributed by atoms with Gasteiger partial charge < -0.3 is 20.1 Å². The Labute approximate surface area is 222 Å². The van der Waals surface area contributed by atoms with Crippen LogP contribution in [0.1, 0.15) is 32.8 Å². The second-order valence-corrected chi connectivity index (χ2v) is 11.3. The smallest absolute Gasteiger partial charge is 0.325 e. The van der Waals surface area contributed by atoms with E-state index in [0.717, 1.165) is 4.90 Å². The number of carbonyl (C=O) groups excluding carboxylic acids is 3. The number of carbonyl (C=O) groups is 3. The zero-order valence-corrected chi connectivity index (χ0v) is 22.4. The van der Waals surface area contributed by atoms with Crippen molar-refractivity contribution in [3.05, 3.63) is 54.1 Å². The molecule has 2 aliphatic heterocycles. The first kappa shape index (κ1) is 27.6. The predicted octanol–water partition coefficient (Wildman–Crippen LogP) is 2.29. The van der Waals surface area contributed by atoms with Gasteiger partial charge in [0.05, 0.1) is 29.9 Å². The fourth-order valence-electron chi connectivity index (χ4n) is 4.53. The molecule has 0 aromatic heterocycles. The Morgan fingerprint density at radius 2 is 1.82 bits per heavy atom. The molecule has 204 valence electrons. The van der Waals surface area contributed by atoms with Crippen molar-refractivity contribution in [1.29, 1.82) is 0 Å². The van der Waals surface area contributed by atoms with Crippen molar-refractivity contribution >= 4 is 33.6 Å². The molecular formula is C26H32N4O7S. The molecule has 12 heteroatoms. The summed E-state index contributed by atoms with van der Waals surface area (Å²) in [6.45, 7) is 5.86. The summed E-state index contributed by atoms with van der Waals surface area (Å²) in [5.41, 5.74) is -0.524. The predicted molar refractivity (Wildman–Crippen MR) is 139 cm³/mol. The fraction of sp³-hybridized carbons (Fsp3) is 0.423. The third kappa shape index (κ3) is 5.38. The Morgan fingerprint density at radius 3 is 2.45 bits per heavy atom. The van der Waals surface area contributed by atoms with E-state index in [2.05, 4.69) is 10.6 Å². The summed E-state index contributed by atoms with van der Waals surface area (Å²) in [7, 11) is -3.84. The Balaban J connectivity index is 1.57. The normalized spacial score (nSPS) is 20.5. The van der Waals surface area contributed by atoms with Crippen LogP contribution in [-0.2, 0) is 29.9 Å². The highest BCUT2D eigenvalue weighted by Crippen LogP contribution is 2.33. The third-order valence-electron chi connectivity index (χ3n) is 6.47. The molecule has 0 aliphatic carbocycles. The SMILES string of the molecule is CC[C@@]1(c2ccccc2)NC(=O)N(CC(=O)Nc2cc(S(=O)(=O)N3CCOCC3)ccc2OC(C)C)C1=O. The number of sulfonamides is 1. The molecule has 2 aliphatic rings. The van der Waals surface area contributed by atoms with Crippen LogP contribution in [0.2, 0.25) is 0 Å². The van der Waals surface area contributed by atoms with Gasteiger partial charge in [0.2, 0.25) is 15.9 Å². The van der Waals surface area contributed by atoms with Crippen molar-refractivity contribution in [2.75, 3.05) is 38.2 Å². The van der Waals surface area contributed by atoms with Gasteiger partial charge >= 0.3 is 6.03 Å². The minimum absolute atomic E-state index is 0.0186. The lowest BCUT2D eigenvalue weighted by atomic mass is 9.87. The van der Waals surface area contributed by atoms with Gasteiger partial charge in [0.1, 0.15) is 17.8 Å². The van der Waals surface area contributed by atoms with Crippen molar-refractivity contribution in [2.45, 2.75) is 43.7 Å². The first-order valence-corrected chi connectivity index (χ1v) is 13.9. The number of morpholine rings is 1. The van der Waals surface area contributed by atoms with Crippen LogP contribution in [0.25, 0.3) is 0 Å². The van der Waals surface area contributed by atoms with Crippen LogP contribution in [0.5, 0.6) is 5.75 Å². The second-order valence-electron chi connectivity index (χ2n) is 9.34. The molecule has 11 nitrogen and oxygen atoms in total. The van der Waals surface area contributed by atoms with Crippen LogP contribution in [-0.4, -0.2) is 74.4 Å². The maximum atomic E-state index is 13.4. The van der Waals surface area contributed by atoms with E-state index < -0.39 is 40.0 Å². The molecule has 2 N–H and O–H groups in total. The molecule has 0 bridgehead atoms. The number of rotatable bonds is 9. The summed E-state index contributed by atoms with van der Waals surface area (Å²) in [5, 5.41) is 5.38. The number of amides is 4. The minimum atomic E-state index is -3.84. The summed E-state index contributed by atoms with van der Waals surface area (Å²) in [4.78, 5) is 40.1. The molecule has 0 spiro atoms. The number of urea groups is 1. The van der Waals surface area contributed by atoms with Crippen molar-refractivity contribution < 1.29 is 32.3 Å². The van der Waals surface area contributed by atoms with E-state index in [4.69, 9.17) is 9.47 Å². The molecule has 2 fully saturated rings. The molecular weight excluding hydrogens is 512 g/mol. The van der Waals surface area contributed by atoms with Gasteiger partial charge in [-0.25, -0.2) is 13.2 Å². The molecule has 0 saturated carbocycles. The van der Waals surface area contributed by atoms with E-state index in [0.29, 0.717) is 25.2 Å². The fourth-order valence-corrected chi connectivity index (χ4v) is 5.96. The first-order chi connectivity index (χ1) is 18.1. The zero-order chi connectivity index (χ0) is 27.5. The summed E-state index contributed by atoms with van der Waals surface area (Å²) in [6, 6.07) is 12.4. The number of nitrogens with zero attached hydrogens (tertiary/aromatic N) is 2. The maximum Gasteiger partial charge on any atom is 0.325 e. The number of nitrogens with one attached hydrogen (secondary N) is 2. The molecule has 4 rings (SSSR count). The minimum Gasteiger partial charge on any atom is -0.489 e. The van der Waals surface area contributed by atoms with Gasteiger partial charge in [-0.05, 0) is 44.0 Å². The van der Waals surface area contributed by atoms with E-state index in [1.54, 1.807) is 45.0 Å². The van der Waals surface area contributed by atoms with Gasteiger partial charge in [0.15, 0.2) is 0 Å². The number of hydrogen-bond acceptors (Lipinski definition) is 7. The monoisotopic (exact) mass is 544 g/mol. The van der Waals surface area contributed by atoms with Crippen LogP contribution in [0.15, 0.2) is 53.4 Å². The molecule has 4 amide bonds. The standard InChI is InChI=1S/C26H32N4O7S/c1-4-26(19-8-6-5-7-9-19)24(32)30(25(33)28-26)17-23(31)27-21-16-20(10-11-22(21)37-18(2)3)38(34,35)29-12-14-36-15-13-29/h5-11,16,18H,4,12-15,17H2,1-3H3,(H,27,31)(H,28,33)/t26-/m0/s1.